The average molecular weight is 407 g/mol. The highest BCUT2D eigenvalue weighted by molar-refractivity contribution is 6.36. The van der Waals surface area contributed by atoms with Crippen LogP contribution in [0.2, 0.25) is 10.0 Å². The highest BCUT2D eigenvalue weighted by Crippen LogP contribution is 2.30. The molecule has 0 aliphatic heterocycles. The topological polar surface area (TPSA) is 48.9 Å². The minimum atomic E-state index is 0.251. The Labute approximate surface area is 172 Å². The number of hydrogen-bond acceptors (Lipinski definition) is 2. The summed E-state index contributed by atoms with van der Waals surface area (Å²) in [7, 11) is 0. The predicted octanol–water partition coefficient (Wildman–Crippen LogP) is 6.93. The Kier molecular flexibility index (Phi) is 5.20. The van der Waals surface area contributed by atoms with Gasteiger partial charge in [0.15, 0.2) is 0 Å². The molecule has 2 N–H and O–H groups in total. The van der Waals surface area contributed by atoms with E-state index in [9.17, 15) is 5.11 Å². The maximum Gasteiger partial charge on any atom is 0.130 e. The quantitative estimate of drug-likeness (QED) is 0.386. The Morgan fingerprint density at radius 1 is 0.857 bits per heavy atom. The van der Waals surface area contributed by atoms with Crippen LogP contribution < -0.4 is 0 Å². The Hall–Kier alpha value is -3.01. The standard InChI is InChI=1S/C23H16Cl2N2O/c24-17-8-11-20(21(25)13-17)22-14-26-23(27-22)12-7-15-3-1-2-4-19(15)16-5-9-18(28)10-6-16/h1-14,28H,(H,26,27). The van der Waals surface area contributed by atoms with Gasteiger partial charge in [-0.1, -0.05) is 65.7 Å². The van der Waals surface area contributed by atoms with Gasteiger partial charge in [-0.05, 0) is 53.1 Å². The number of aromatic amines is 1. The first-order valence-electron chi connectivity index (χ1n) is 8.67. The third kappa shape index (κ3) is 3.96. The van der Waals surface area contributed by atoms with Crippen LogP contribution in [0.25, 0.3) is 34.5 Å². The fourth-order valence-electron chi connectivity index (χ4n) is 2.97. The molecule has 0 aliphatic carbocycles. The molecule has 138 valence electrons. The van der Waals surface area contributed by atoms with Crippen LogP contribution in [-0.4, -0.2) is 15.1 Å². The lowest BCUT2D eigenvalue weighted by Gasteiger charge is -2.06. The molecule has 0 aliphatic rings. The zero-order valence-electron chi connectivity index (χ0n) is 14.7. The van der Waals surface area contributed by atoms with Crippen LogP contribution >= 0.6 is 23.2 Å². The molecule has 0 saturated heterocycles. The van der Waals surface area contributed by atoms with E-state index in [1.807, 2.05) is 60.8 Å². The van der Waals surface area contributed by atoms with Gasteiger partial charge >= 0.3 is 0 Å². The SMILES string of the molecule is Oc1ccc(-c2ccccc2C=Cc2nc(-c3ccc(Cl)cc3Cl)c[nH]2)cc1. The molecule has 0 radical (unpaired) electrons. The third-order valence-corrected chi connectivity index (χ3v) is 4.91. The van der Waals surface area contributed by atoms with Crippen LogP contribution in [0.5, 0.6) is 5.75 Å². The molecule has 0 unspecified atom stereocenters. The monoisotopic (exact) mass is 406 g/mol. The van der Waals surface area contributed by atoms with Crippen LogP contribution in [0.4, 0.5) is 0 Å². The molecular weight excluding hydrogens is 391 g/mol. The number of hydrogen-bond donors (Lipinski definition) is 2. The molecule has 3 nitrogen and oxygen atoms in total. The molecule has 5 heteroatoms. The molecular formula is C23H16Cl2N2O. The van der Waals surface area contributed by atoms with Crippen molar-refractivity contribution in [2.75, 3.05) is 0 Å². The van der Waals surface area contributed by atoms with Crippen molar-refractivity contribution in [1.29, 1.82) is 0 Å². The number of halogens is 2. The largest absolute Gasteiger partial charge is 0.508 e. The second kappa shape index (κ2) is 7.93. The van der Waals surface area contributed by atoms with Gasteiger partial charge < -0.3 is 10.1 Å². The van der Waals surface area contributed by atoms with Crippen LogP contribution in [-0.2, 0) is 0 Å². The number of rotatable bonds is 4. The molecule has 0 spiro atoms. The number of phenolic OH excluding ortho intramolecular Hbond substituents is 1. The lowest BCUT2D eigenvalue weighted by atomic mass is 9.99. The summed E-state index contributed by atoms with van der Waals surface area (Å²) in [6.07, 6.45) is 5.75. The molecule has 28 heavy (non-hydrogen) atoms. The minimum absolute atomic E-state index is 0.251. The van der Waals surface area contributed by atoms with E-state index in [-0.39, 0.29) is 5.75 Å². The zero-order valence-corrected chi connectivity index (χ0v) is 16.2. The second-order valence-electron chi connectivity index (χ2n) is 6.26. The lowest BCUT2D eigenvalue weighted by Crippen LogP contribution is -1.83. The van der Waals surface area contributed by atoms with E-state index in [4.69, 9.17) is 23.2 Å². The molecule has 1 aromatic heterocycles. The van der Waals surface area contributed by atoms with Gasteiger partial charge in [0.05, 0.1) is 10.7 Å². The summed E-state index contributed by atoms with van der Waals surface area (Å²) in [6.45, 7) is 0. The highest BCUT2D eigenvalue weighted by atomic mass is 35.5. The molecule has 0 amide bonds. The number of imidazole rings is 1. The second-order valence-corrected chi connectivity index (χ2v) is 7.11. The molecule has 0 fully saturated rings. The van der Waals surface area contributed by atoms with Gasteiger partial charge in [-0.2, -0.15) is 0 Å². The summed E-state index contributed by atoms with van der Waals surface area (Å²) in [5, 5.41) is 10.7. The number of H-pyrrole nitrogens is 1. The fourth-order valence-corrected chi connectivity index (χ4v) is 3.48. The lowest BCUT2D eigenvalue weighted by molar-refractivity contribution is 0.475. The van der Waals surface area contributed by atoms with Crippen molar-refractivity contribution in [1.82, 2.24) is 9.97 Å². The average Bonchev–Trinajstić information content (AvgIpc) is 3.16. The van der Waals surface area contributed by atoms with Gasteiger partial charge in [-0.25, -0.2) is 4.98 Å². The highest BCUT2D eigenvalue weighted by Gasteiger charge is 2.08. The molecule has 1 heterocycles. The van der Waals surface area contributed by atoms with Crippen LogP contribution in [0.15, 0.2) is 72.9 Å². The van der Waals surface area contributed by atoms with Gasteiger partial charge in [0, 0.05) is 16.8 Å². The molecule has 4 rings (SSSR count). The predicted molar refractivity (Wildman–Crippen MR) is 117 cm³/mol. The minimum Gasteiger partial charge on any atom is -0.508 e. The van der Waals surface area contributed by atoms with Gasteiger partial charge in [0.25, 0.3) is 0 Å². The van der Waals surface area contributed by atoms with Crippen molar-refractivity contribution in [2.24, 2.45) is 0 Å². The van der Waals surface area contributed by atoms with E-state index in [0.717, 1.165) is 33.8 Å². The van der Waals surface area contributed by atoms with E-state index in [1.165, 1.54) is 0 Å². The third-order valence-electron chi connectivity index (χ3n) is 4.36. The molecule has 3 aromatic carbocycles. The molecule has 0 atom stereocenters. The number of aromatic nitrogens is 2. The van der Waals surface area contributed by atoms with Crippen LogP contribution in [0, 0.1) is 0 Å². The summed E-state index contributed by atoms with van der Waals surface area (Å²) in [6, 6.07) is 20.6. The van der Waals surface area contributed by atoms with Gasteiger partial charge in [-0.15, -0.1) is 0 Å². The summed E-state index contributed by atoms with van der Waals surface area (Å²) in [5.41, 5.74) is 4.74. The van der Waals surface area contributed by atoms with Crippen molar-refractivity contribution in [2.45, 2.75) is 0 Å². The van der Waals surface area contributed by atoms with Crippen molar-refractivity contribution in [3.05, 3.63) is 94.4 Å². The summed E-state index contributed by atoms with van der Waals surface area (Å²) in [4.78, 5) is 7.76. The summed E-state index contributed by atoms with van der Waals surface area (Å²) >= 11 is 12.2. The van der Waals surface area contributed by atoms with E-state index in [0.29, 0.717) is 10.0 Å². The molecule has 0 bridgehead atoms. The number of phenols is 1. The first kappa shape index (κ1) is 18.4. The molecule has 4 aromatic rings. The number of nitrogens with zero attached hydrogens (tertiary/aromatic N) is 1. The number of benzene rings is 3. The zero-order chi connectivity index (χ0) is 19.5. The summed E-state index contributed by atoms with van der Waals surface area (Å²) < 4.78 is 0. The normalized spacial score (nSPS) is 11.2. The van der Waals surface area contributed by atoms with Gasteiger partial charge in [-0.3, -0.25) is 0 Å². The first-order chi connectivity index (χ1) is 13.6. The Morgan fingerprint density at radius 2 is 1.64 bits per heavy atom. The fraction of sp³-hybridized carbons (Fsp3) is 0. The number of aromatic hydroxyl groups is 1. The van der Waals surface area contributed by atoms with Crippen LogP contribution in [0.3, 0.4) is 0 Å². The van der Waals surface area contributed by atoms with E-state index >= 15 is 0 Å². The van der Waals surface area contributed by atoms with E-state index in [1.54, 1.807) is 24.3 Å². The van der Waals surface area contributed by atoms with Crippen molar-refractivity contribution in [3.8, 4) is 28.1 Å². The first-order valence-corrected chi connectivity index (χ1v) is 9.43. The van der Waals surface area contributed by atoms with Crippen molar-refractivity contribution < 1.29 is 5.11 Å². The Bertz CT molecular complexity index is 1150. The smallest absolute Gasteiger partial charge is 0.130 e. The summed E-state index contributed by atoms with van der Waals surface area (Å²) in [5.74, 6) is 0.974. The van der Waals surface area contributed by atoms with Gasteiger partial charge in [0.1, 0.15) is 11.6 Å². The van der Waals surface area contributed by atoms with Gasteiger partial charge in [0.2, 0.25) is 0 Å². The van der Waals surface area contributed by atoms with Crippen LogP contribution in [0.1, 0.15) is 11.4 Å². The Morgan fingerprint density at radius 3 is 2.43 bits per heavy atom. The maximum absolute atomic E-state index is 9.51. The Balaban J connectivity index is 1.62. The van der Waals surface area contributed by atoms with E-state index < -0.39 is 0 Å². The van der Waals surface area contributed by atoms with Crippen molar-refractivity contribution in [3.63, 3.8) is 0 Å². The molecule has 0 saturated carbocycles. The maximum atomic E-state index is 9.51. The van der Waals surface area contributed by atoms with Crippen molar-refractivity contribution >= 4 is 35.4 Å². The van der Waals surface area contributed by atoms with E-state index in [2.05, 4.69) is 9.97 Å². The number of nitrogens with one attached hydrogen (secondary N) is 1.